The lowest BCUT2D eigenvalue weighted by Gasteiger charge is -2.30. The average molecular weight is 289 g/mol. The zero-order valence-electron chi connectivity index (χ0n) is 10.7. The van der Waals surface area contributed by atoms with Crippen LogP contribution in [-0.2, 0) is 9.84 Å². The molecule has 3 atom stereocenters. The molecule has 1 aliphatic carbocycles. The number of aromatic nitrogens is 1. The van der Waals surface area contributed by atoms with Crippen LogP contribution >= 0.6 is 11.3 Å². The maximum absolute atomic E-state index is 11.6. The van der Waals surface area contributed by atoms with Crippen LogP contribution in [0.4, 0.5) is 0 Å². The van der Waals surface area contributed by atoms with Gasteiger partial charge in [-0.25, -0.2) is 13.4 Å². The summed E-state index contributed by atoms with van der Waals surface area (Å²) in [4.78, 5) is 4.29. The van der Waals surface area contributed by atoms with Crippen LogP contribution < -0.4 is 0 Å². The van der Waals surface area contributed by atoms with Crippen LogP contribution in [-0.4, -0.2) is 30.0 Å². The van der Waals surface area contributed by atoms with Crippen molar-refractivity contribution in [1.29, 1.82) is 0 Å². The summed E-state index contributed by atoms with van der Waals surface area (Å²) < 4.78 is 23.2. The summed E-state index contributed by atoms with van der Waals surface area (Å²) in [6.45, 7) is 1.90. The summed E-state index contributed by atoms with van der Waals surface area (Å²) in [7, 11) is -3.00. The number of aryl methyl sites for hydroxylation is 1. The minimum Gasteiger partial charge on any atom is -0.386 e. The lowest BCUT2D eigenvalue weighted by molar-refractivity contribution is 0.0824. The number of aliphatic hydroxyl groups is 1. The van der Waals surface area contributed by atoms with Crippen molar-refractivity contribution in [2.24, 2.45) is 5.92 Å². The highest BCUT2D eigenvalue weighted by Crippen LogP contribution is 2.36. The molecule has 6 heteroatoms. The maximum atomic E-state index is 11.6. The molecule has 0 spiro atoms. The monoisotopic (exact) mass is 289 g/mol. The second-order valence-electron chi connectivity index (χ2n) is 5.11. The average Bonchev–Trinajstić information content (AvgIpc) is 2.74. The topological polar surface area (TPSA) is 67.3 Å². The molecule has 1 saturated carbocycles. The van der Waals surface area contributed by atoms with Gasteiger partial charge in [0, 0.05) is 11.6 Å². The van der Waals surface area contributed by atoms with Gasteiger partial charge in [0.1, 0.15) is 9.84 Å². The zero-order valence-corrected chi connectivity index (χ0v) is 12.3. The van der Waals surface area contributed by atoms with Crippen LogP contribution in [0.2, 0.25) is 0 Å². The third-order valence-corrected chi connectivity index (χ3v) is 6.09. The minimum absolute atomic E-state index is 0.0139. The smallest absolute Gasteiger partial charge is 0.150 e. The summed E-state index contributed by atoms with van der Waals surface area (Å²) in [5.41, 5.74) is 0.691. The van der Waals surface area contributed by atoms with Crippen LogP contribution in [0, 0.1) is 12.8 Å². The van der Waals surface area contributed by atoms with Crippen molar-refractivity contribution in [1.82, 2.24) is 4.98 Å². The van der Waals surface area contributed by atoms with Gasteiger partial charge in [0.25, 0.3) is 0 Å². The Balaban J connectivity index is 2.09. The highest BCUT2D eigenvalue weighted by atomic mass is 32.2. The zero-order chi connectivity index (χ0) is 13.3. The summed E-state index contributed by atoms with van der Waals surface area (Å²) >= 11 is 1.51. The molecule has 0 amide bonds. The van der Waals surface area contributed by atoms with E-state index in [1.54, 1.807) is 0 Å². The van der Waals surface area contributed by atoms with Gasteiger partial charge in [-0.1, -0.05) is 6.42 Å². The first-order chi connectivity index (χ1) is 8.38. The van der Waals surface area contributed by atoms with Crippen molar-refractivity contribution in [2.75, 3.05) is 6.26 Å². The first-order valence-corrected chi connectivity index (χ1v) is 9.00. The van der Waals surface area contributed by atoms with E-state index in [9.17, 15) is 13.5 Å². The normalized spacial score (nSPS) is 27.1. The first-order valence-electron chi connectivity index (χ1n) is 6.17. The van der Waals surface area contributed by atoms with Gasteiger partial charge in [0.15, 0.2) is 0 Å². The van der Waals surface area contributed by atoms with E-state index in [2.05, 4.69) is 4.98 Å². The lowest BCUT2D eigenvalue weighted by atomic mass is 9.84. The molecule has 0 aliphatic heterocycles. The van der Waals surface area contributed by atoms with E-state index in [0.29, 0.717) is 12.1 Å². The van der Waals surface area contributed by atoms with E-state index >= 15 is 0 Å². The third-order valence-electron chi connectivity index (χ3n) is 3.66. The molecule has 1 fully saturated rings. The van der Waals surface area contributed by atoms with Gasteiger partial charge in [0.05, 0.1) is 22.1 Å². The molecule has 2 rings (SSSR count). The lowest BCUT2D eigenvalue weighted by Crippen LogP contribution is -2.30. The Bertz CT molecular complexity index is 509. The molecule has 0 bridgehead atoms. The predicted octanol–water partition coefficient (Wildman–Crippen LogP) is 2.09. The Morgan fingerprint density at radius 2 is 2.22 bits per heavy atom. The third kappa shape index (κ3) is 3.10. The number of rotatable bonds is 3. The fourth-order valence-corrected chi connectivity index (χ4v) is 4.45. The van der Waals surface area contributed by atoms with E-state index in [-0.39, 0.29) is 11.2 Å². The highest BCUT2D eigenvalue weighted by Gasteiger charge is 2.33. The van der Waals surface area contributed by atoms with Crippen molar-refractivity contribution >= 4 is 21.2 Å². The number of hydrogen-bond donors (Lipinski definition) is 1. The molecule has 1 heterocycles. The first kappa shape index (κ1) is 14.0. The van der Waals surface area contributed by atoms with Gasteiger partial charge < -0.3 is 5.11 Å². The Kier molecular flexibility index (Phi) is 4.08. The molecule has 1 aromatic rings. The highest BCUT2D eigenvalue weighted by molar-refractivity contribution is 7.91. The standard InChI is InChI=1S/C12H19NO3S2/c1-8-13-11(7-17-8)12(14)9-4-3-5-10(6-9)18(2,15)16/h7,9-10,12,14H,3-6H2,1-2H3. The number of aliphatic hydroxyl groups excluding tert-OH is 1. The largest absolute Gasteiger partial charge is 0.386 e. The van der Waals surface area contributed by atoms with Crippen molar-refractivity contribution in [3.8, 4) is 0 Å². The molecule has 102 valence electrons. The van der Waals surface area contributed by atoms with E-state index < -0.39 is 15.9 Å². The van der Waals surface area contributed by atoms with Crippen molar-refractivity contribution in [3.05, 3.63) is 16.1 Å². The Labute approximate surface area is 112 Å². The van der Waals surface area contributed by atoms with Gasteiger partial charge in [-0.3, -0.25) is 0 Å². The van der Waals surface area contributed by atoms with Crippen molar-refractivity contribution in [3.63, 3.8) is 0 Å². The summed E-state index contributed by atoms with van der Waals surface area (Å²) in [5.74, 6) is 0.0139. The molecule has 0 saturated heterocycles. The molecular weight excluding hydrogens is 270 g/mol. The Morgan fingerprint density at radius 3 is 2.78 bits per heavy atom. The summed E-state index contributed by atoms with van der Waals surface area (Å²) in [6, 6.07) is 0. The van der Waals surface area contributed by atoms with E-state index in [4.69, 9.17) is 0 Å². The SMILES string of the molecule is Cc1nc(C(O)C2CCCC(S(C)(=O)=O)C2)cs1. The van der Waals surface area contributed by atoms with Gasteiger partial charge in [-0.05, 0) is 32.1 Å². The molecule has 0 radical (unpaired) electrons. The predicted molar refractivity (Wildman–Crippen MR) is 72.4 cm³/mol. The van der Waals surface area contributed by atoms with Crippen molar-refractivity contribution in [2.45, 2.75) is 44.0 Å². The quantitative estimate of drug-likeness (QED) is 0.925. The second-order valence-corrected chi connectivity index (χ2v) is 8.50. The van der Waals surface area contributed by atoms with Gasteiger partial charge in [-0.2, -0.15) is 0 Å². The fraction of sp³-hybridized carbons (Fsp3) is 0.750. The van der Waals surface area contributed by atoms with E-state index in [1.165, 1.54) is 17.6 Å². The van der Waals surface area contributed by atoms with Crippen LogP contribution in [0.15, 0.2) is 5.38 Å². The molecule has 1 aromatic heterocycles. The molecule has 3 unspecified atom stereocenters. The van der Waals surface area contributed by atoms with Crippen molar-refractivity contribution < 1.29 is 13.5 Å². The van der Waals surface area contributed by atoms with E-state index in [1.807, 2.05) is 12.3 Å². The second kappa shape index (κ2) is 5.27. The molecular formula is C12H19NO3S2. The van der Waals surface area contributed by atoms with Gasteiger partial charge >= 0.3 is 0 Å². The number of thiazole rings is 1. The number of hydrogen-bond acceptors (Lipinski definition) is 5. The molecule has 1 aliphatic rings. The Morgan fingerprint density at radius 1 is 1.50 bits per heavy atom. The maximum Gasteiger partial charge on any atom is 0.150 e. The minimum atomic E-state index is -3.00. The van der Waals surface area contributed by atoms with E-state index in [0.717, 1.165) is 24.3 Å². The number of sulfone groups is 1. The summed E-state index contributed by atoms with van der Waals surface area (Å²) in [5, 5.41) is 12.8. The van der Waals surface area contributed by atoms with Crippen LogP contribution in [0.25, 0.3) is 0 Å². The molecule has 1 N–H and O–H groups in total. The van der Waals surface area contributed by atoms with Gasteiger partial charge in [-0.15, -0.1) is 11.3 Å². The Hall–Kier alpha value is -0.460. The molecule has 0 aromatic carbocycles. The van der Waals surface area contributed by atoms with Crippen LogP contribution in [0.5, 0.6) is 0 Å². The number of nitrogens with zero attached hydrogens (tertiary/aromatic N) is 1. The van der Waals surface area contributed by atoms with Crippen LogP contribution in [0.3, 0.4) is 0 Å². The van der Waals surface area contributed by atoms with Crippen LogP contribution in [0.1, 0.15) is 42.5 Å². The molecule has 18 heavy (non-hydrogen) atoms. The molecule has 4 nitrogen and oxygen atoms in total. The van der Waals surface area contributed by atoms with Gasteiger partial charge in [0.2, 0.25) is 0 Å². The summed E-state index contributed by atoms with van der Waals surface area (Å²) in [6.07, 6.45) is 3.68. The fourth-order valence-electron chi connectivity index (χ4n) is 2.61.